The van der Waals surface area contributed by atoms with Crippen LogP contribution in [-0.4, -0.2) is 59.4 Å². The predicted molar refractivity (Wildman–Crippen MR) is 115 cm³/mol. The third-order valence-electron chi connectivity index (χ3n) is 6.27. The fraction of sp³-hybridized carbons (Fsp3) is 0.375. The Labute approximate surface area is 193 Å². The summed E-state index contributed by atoms with van der Waals surface area (Å²) in [6, 6.07) is 11.4. The van der Waals surface area contributed by atoms with Crippen LogP contribution in [0.2, 0.25) is 0 Å². The largest absolute Gasteiger partial charge is 0.480 e. The molecule has 180 valence electrons. The van der Waals surface area contributed by atoms with Crippen molar-refractivity contribution in [1.82, 2.24) is 10.2 Å². The minimum Gasteiger partial charge on any atom is -0.480 e. The number of benzene rings is 2. The molecule has 2 unspecified atom stereocenters. The number of carboxylic acids is 1. The summed E-state index contributed by atoms with van der Waals surface area (Å²) in [7, 11) is 0. The summed E-state index contributed by atoms with van der Waals surface area (Å²) in [5.74, 6) is -2.57. The van der Waals surface area contributed by atoms with Crippen LogP contribution in [0.3, 0.4) is 0 Å². The van der Waals surface area contributed by atoms with E-state index in [0.717, 1.165) is 27.2 Å². The van der Waals surface area contributed by atoms with E-state index in [1.807, 2.05) is 48.5 Å². The number of rotatable bonds is 6. The lowest BCUT2D eigenvalue weighted by Gasteiger charge is -2.26. The molecule has 1 aliphatic heterocycles. The molecule has 2 aliphatic rings. The molecule has 0 aromatic heterocycles. The zero-order valence-electron chi connectivity index (χ0n) is 18.0. The Balaban J connectivity index is 1.41. The van der Waals surface area contributed by atoms with Crippen LogP contribution in [0.5, 0.6) is 0 Å². The number of alkyl halides is 3. The molecule has 0 spiro atoms. The summed E-state index contributed by atoms with van der Waals surface area (Å²) in [6.07, 6.45) is -6.75. The van der Waals surface area contributed by atoms with Gasteiger partial charge in [-0.1, -0.05) is 48.5 Å². The molecule has 0 bridgehead atoms. The highest BCUT2D eigenvalue weighted by molar-refractivity contribution is 5.85. The first-order valence-electron chi connectivity index (χ1n) is 10.9. The third kappa shape index (κ3) is 4.71. The van der Waals surface area contributed by atoms with Crippen molar-refractivity contribution in [2.24, 2.45) is 0 Å². The Hall–Kier alpha value is -3.56. The summed E-state index contributed by atoms with van der Waals surface area (Å²) in [6.45, 7) is -0.114. The van der Waals surface area contributed by atoms with E-state index >= 15 is 0 Å². The van der Waals surface area contributed by atoms with E-state index in [4.69, 9.17) is 4.74 Å². The number of carbonyl (C=O) groups excluding carboxylic acids is 2. The Morgan fingerprint density at radius 3 is 2.21 bits per heavy atom. The molecule has 2 aromatic rings. The number of alkyl carbamates (subject to hydrolysis) is 1. The Morgan fingerprint density at radius 1 is 1.06 bits per heavy atom. The van der Waals surface area contributed by atoms with Crippen LogP contribution in [0.1, 0.15) is 36.3 Å². The van der Waals surface area contributed by atoms with E-state index in [1.165, 1.54) is 0 Å². The number of nitrogens with one attached hydrogen (secondary N) is 1. The Morgan fingerprint density at radius 2 is 1.65 bits per heavy atom. The molecule has 7 nitrogen and oxygen atoms in total. The van der Waals surface area contributed by atoms with Gasteiger partial charge in [0.15, 0.2) is 0 Å². The van der Waals surface area contributed by atoms with E-state index in [2.05, 4.69) is 0 Å². The van der Waals surface area contributed by atoms with E-state index in [9.17, 15) is 32.7 Å². The van der Waals surface area contributed by atoms with Crippen molar-refractivity contribution >= 4 is 18.0 Å². The van der Waals surface area contributed by atoms with Gasteiger partial charge in [-0.25, -0.2) is 9.59 Å². The molecule has 1 saturated heterocycles. The predicted octanol–water partition coefficient (Wildman–Crippen LogP) is 3.92. The first-order chi connectivity index (χ1) is 16.2. The molecule has 10 heteroatoms. The second-order valence-electron chi connectivity index (χ2n) is 8.35. The third-order valence-corrected chi connectivity index (χ3v) is 6.27. The topological polar surface area (TPSA) is 95.9 Å². The highest BCUT2D eigenvalue weighted by atomic mass is 19.4. The molecule has 4 rings (SSSR count). The lowest BCUT2D eigenvalue weighted by atomic mass is 9.98. The molecular formula is C24H23F3N2O5. The number of hydrogen-bond donors (Lipinski definition) is 2. The van der Waals surface area contributed by atoms with Crippen LogP contribution in [0.15, 0.2) is 48.5 Å². The SMILES string of the molecule is O=C(NC(CC(=O)N1CCCC1C(=O)O)C(F)(F)F)OCC1c2ccccc2-c2ccccc21. The van der Waals surface area contributed by atoms with Gasteiger partial charge in [-0.05, 0) is 35.1 Å². The molecule has 2 N–H and O–H groups in total. The first kappa shape index (κ1) is 23.6. The maximum atomic E-state index is 13.6. The quantitative estimate of drug-likeness (QED) is 0.659. The average Bonchev–Trinajstić information content (AvgIpc) is 3.40. The summed E-state index contributed by atoms with van der Waals surface area (Å²) >= 11 is 0. The van der Waals surface area contributed by atoms with Crippen molar-refractivity contribution < 1.29 is 37.4 Å². The second-order valence-corrected chi connectivity index (χ2v) is 8.35. The van der Waals surface area contributed by atoms with Crippen LogP contribution >= 0.6 is 0 Å². The molecule has 34 heavy (non-hydrogen) atoms. The lowest BCUT2D eigenvalue weighted by molar-refractivity contribution is -0.165. The summed E-state index contributed by atoms with van der Waals surface area (Å²) in [5, 5.41) is 10.9. The normalized spacial score (nSPS) is 18.2. The number of aliphatic carboxylic acids is 1. The van der Waals surface area contributed by atoms with Crippen molar-refractivity contribution in [1.29, 1.82) is 0 Å². The van der Waals surface area contributed by atoms with Gasteiger partial charge >= 0.3 is 18.2 Å². The minimum atomic E-state index is -4.92. The smallest absolute Gasteiger partial charge is 0.409 e. The van der Waals surface area contributed by atoms with Crippen LogP contribution in [0.4, 0.5) is 18.0 Å². The standard InChI is InChI=1S/C24H23F3N2O5/c25-24(26,27)20(12-21(30)29-11-5-10-19(29)22(31)32)28-23(33)34-13-18-16-8-3-1-6-14(16)15-7-2-4-9-17(15)18/h1-4,6-9,18-20H,5,10-13H2,(H,28,33)(H,31,32). The number of amides is 2. The van der Waals surface area contributed by atoms with Crippen molar-refractivity contribution in [2.45, 2.75) is 43.4 Å². The van der Waals surface area contributed by atoms with E-state index in [-0.39, 0.29) is 25.5 Å². The molecule has 1 fully saturated rings. The summed E-state index contributed by atoms with van der Waals surface area (Å²) in [4.78, 5) is 36.9. The molecule has 0 saturated carbocycles. The van der Waals surface area contributed by atoms with Crippen LogP contribution in [0.25, 0.3) is 11.1 Å². The lowest BCUT2D eigenvalue weighted by Crippen LogP contribution is -2.50. The number of fused-ring (bicyclic) bond motifs is 3. The molecule has 2 amide bonds. The van der Waals surface area contributed by atoms with E-state index in [1.54, 1.807) is 5.32 Å². The Kier molecular flexibility index (Phi) is 6.49. The molecule has 2 aromatic carbocycles. The van der Waals surface area contributed by atoms with Gasteiger partial charge in [0.05, 0.1) is 6.42 Å². The molecule has 1 aliphatic carbocycles. The van der Waals surface area contributed by atoms with E-state index in [0.29, 0.717) is 6.42 Å². The van der Waals surface area contributed by atoms with Crippen LogP contribution in [-0.2, 0) is 14.3 Å². The first-order valence-corrected chi connectivity index (χ1v) is 10.9. The second kappa shape index (κ2) is 9.36. The zero-order valence-corrected chi connectivity index (χ0v) is 18.0. The van der Waals surface area contributed by atoms with Gasteiger partial charge in [-0.3, -0.25) is 4.79 Å². The number of carbonyl (C=O) groups is 3. The van der Waals surface area contributed by atoms with Crippen LogP contribution < -0.4 is 5.32 Å². The monoisotopic (exact) mass is 476 g/mol. The maximum absolute atomic E-state index is 13.6. The van der Waals surface area contributed by atoms with Crippen molar-refractivity contribution in [2.75, 3.05) is 13.2 Å². The molecule has 0 radical (unpaired) electrons. The Bertz CT molecular complexity index is 1060. The number of nitrogens with zero attached hydrogens (tertiary/aromatic N) is 1. The van der Waals surface area contributed by atoms with E-state index < -0.39 is 42.7 Å². The highest BCUT2D eigenvalue weighted by Crippen LogP contribution is 2.44. The number of likely N-dealkylation sites (tertiary alicyclic amines) is 1. The average molecular weight is 476 g/mol. The van der Waals surface area contributed by atoms with Gasteiger partial charge in [0.25, 0.3) is 0 Å². The van der Waals surface area contributed by atoms with Crippen molar-refractivity contribution in [3.63, 3.8) is 0 Å². The van der Waals surface area contributed by atoms with Gasteiger partial charge in [0, 0.05) is 12.5 Å². The summed E-state index contributed by atoms with van der Waals surface area (Å²) < 4.78 is 45.8. The minimum absolute atomic E-state index is 0.0608. The van der Waals surface area contributed by atoms with Gasteiger partial charge in [-0.15, -0.1) is 0 Å². The van der Waals surface area contributed by atoms with Gasteiger partial charge in [0.1, 0.15) is 18.7 Å². The number of halogens is 3. The number of carboxylic acid groups (broad SMARTS) is 1. The molecular weight excluding hydrogens is 453 g/mol. The van der Waals surface area contributed by atoms with Gasteiger partial charge in [-0.2, -0.15) is 13.2 Å². The maximum Gasteiger partial charge on any atom is 0.409 e. The zero-order chi connectivity index (χ0) is 24.5. The molecule has 1 heterocycles. The van der Waals surface area contributed by atoms with Crippen molar-refractivity contribution in [3.8, 4) is 11.1 Å². The van der Waals surface area contributed by atoms with Gasteiger partial charge < -0.3 is 20.1 Å². The fourth-order valence-electron chi connectivity index (χ4n) is 4.64. The highest BCUT2D eigenvalue weighted by Gasteiger charge is 2.45. The number of ether oxygens (including phenoxy) is 1. The van der Waals surface area contributed by atoms with Crippen LogP contribution in [0, 0.1) is 0 Å². The number of hydrogen-bond acceptors (Lipinski definition) is 4. The van der Waals surface area contributed by atoms with Gasteiger partial charge in [0.2, 0.25) is 5.91 Å². The fourth-order valence-corrected chi connectivity index (χ4v) is 4.64. The molecule has 2 atom stereocenters. The van der Waals surface area contributed by atoms with Crippen molar-refractivity contribution in [3.05, 3.63) is 59.7 Å². The summed E-state index contributed by atoms with van der Waals surface area (Å²) in [5.41, 5.74) is 3.77.